The van der Waals surface area contributed by atoms with Crippen molar-refractivity contribution >= 4 is 11.4 Å². The Bertz CT molecular complexity index is 782. The van der Waals surface area contributed by atoms with Gasteiger partial charge >= 0.3 is 0 Å². The van der Waals surface area contributed by atoms with E-state index in [2.05, 4.69) is 0 Å². The van der Waals surface area contributed by atoms with Crippen LogP contribution in [0.4, 0.5) is 11.4 Å². The van der Waals surface area contributed by atoms with Crippen LogP contribution in [0.2, 0.25) is 0 Å². The highest BCUT2D eigenvalue weighted by Gasteiger charge is 2.09. The van der Waals surface area contributed by atoms with Crippen LogP contribution in [-0.4, -0.2) is 5.11 Å². The van der Waals surface area contributed by atoms with Gasteiger partial charge in [-0.3, -0.25) is 0 Å². The van der Waals surface area contributed by atoms with Gasteiger partial charge in [0, 0.05) is 5.69 Å². The molecule has 0 aromatic heterocycles. The molecule has 0 heterocycles. The Morgan fingerprint density at radius 1 is 0.667 bits per heavy atom. The Kier molecular flexibility index (Phi) is 3.24. The summed E-state index contributed by atoms with van der Waals surface area (Å²) in [6.07, 6.45) is 0. The lowest BCUT2D eigenvalue weighted by atomic mass is 9.94. The molecule has 3 aromatic rings. The number of anilines is 2. The largest absolute Gasteiger partial charge is 0.506 e. The Hall–Kier alpha value is -2.94. The summed E-state index contributed by atoms with van der Waals surface area (Å²) in [6.45, 7) is 0. The molecule has 0 aliphatic heterocycles. The van der Waals surface area contributed by atoms with E-state index in [-0.39, 0.29) is 5.75 Å². The topological polar surface area (TPSA) is 72.3 Å². The van der Waals surface area contributed by atoms with E-state index in [1.807, 2.05) is 54.6 Å². The van der Waals surface area contributed by atoms with Crippen LogP contribution in [0.15, 0.2) is 66.7 Å². The normalized spacial score (nSPS) is 10.5. The van der Waals surface area contributed by atoms with Gasteiger partial charge in [0.1, 0.15) is 5.75 Å². The molecule has 0 atom stereocenters. The zero-order chi connectivity index (χ0) is 14.8. The van der Waals surface area contributed by atoms with E-state index in [0.29, 0.717) is 11.4 Å². The molecule has 3 heteroatoms. The van der Waals surface area contributed by atoms with Crippen molar-refractivity contribution in [2.75, 3.05) is 11.5 Å². The van der Waals surface area contributed by atoms with Gasteiger partial charge in [-0.2, -0.15) is 0 Å². The third-order valence-corrected chi connectivity index (χ3v) is 3.47. The minimum atomic E-state index is 0.0777. The van der Waals surface area contributed by atoms with Crippen molar-refractivity contribution in [1.29, 1.82) is 0 Å². The number of phenols is 1. The first-order chi connectivity index (χ1) is 10.1. The van der Waals surface area contributed by atoms with E-state index >= 15 is 0 Å². The maximum Gasteiger partial charge on any atom is 0.139 e. The molecular weight excluding hydrogens is 260 g/mol. The zero-order valence-electron chi connectivity index (χ0n) is 11.5. The fourth-order valence-electron chi connectivity index (χ4n) is 2.38. The lowest BCUT2D eigenvalue weighted by molar-refractivity contribution is 0.478. The highest BCUT2D eigenvalue weighted by molar-refractivity contribution is 5.86. The maximum absolute atomic E-state index is 9.84. The van der Waals surface area contributed by atoms with Crippen LogP contribution in [0, 0.1) is 0 Å². The number of benzene rings is 3. The number of rotatable bonds is 2. The number of hydrogen-bond donors (Lipinski definition) is 3. The number of nitrogens with two attached hydrogens (primary N) is 2. The minimum absolute atomic E-state index is 0.0777. The summed E-state index contributed by atoms with van der Waals surface area (Å²) in [5.74, 6) is 0.0777. The number of phenolic OH excluding ortho intramolecular Hbond substituents is 1. The fourth-order valence-corrected chi connectivity index (χ4v) is 2.38. The first-order valence-electron chi connectivity index (χ1n) is 6.69. The molecule has 21 heavy (non-hydrogen) atoms. The van der Waals surface area contributed by atoms with Gasteiger partial charge in [-0.15, -0.1) is 0 Å². The van der Waals surface area contributed by atoms with E-state index in [4.69, 9.17) is 11.5 Å². The monoisotopic (exact) mass is 276 g/mol. The lowest BCUT2D eigenvalue weighted by Gasteiger charge is -2.12. The van der Waals surface area contributed by atoms with Crippen LogP contribution in [0.5, 0.6) is 5.75 Å². The van der Waals surface area contributed by atoms with Crippen molar-refractivity contribution in [3.05, 3.63) is 66.7 Å². The van der Waals surface area contributed by atoms with Crippen LogP contribution in [-0.2, 0) is 0 Å². The van der Waals surface area contributed by atoms with Gasteiger partial charge in [-0.25, -0.2) is 0 Å². The average Bonchev–Trinajstić information content (AvgIpc) is 2.51. The molecule has 0 saturated carbocycles. The van der Waals surface area contributed by atoms with Gasteiger partial charge in [0.2, 0.25) is 0 Å². The van der Waals surface area contributed by atoms with Crippen molar-refractivity contribution in [2.45, 2.75) is 0 Å². The number of nitrogen functional groups attached to an aromatic ring is 2. The standard InChI is InChI=1S/C18H16N2O/c19-14-7-8-15(12-4-2-1-3-5-12)16(11-14)13-6-9-17(20)18(21)10-13/h1-11,21H,19-20H2. The van der Waals surface area contributed by atoms with Crippen molar-refractivity contribution in [3.63, 3.8) is 0 Å². The SMILES string of the molecule is Nc1ccc(-c2ccccc2)c(-c2ccc(N)c(O)c2)c1. The second-order valence-electron chi connectivity index (χ2n) is 4.94. The molecular formula is C18H16N2O. The summed E-state index contributed by atoms with van der Waals surface area (Å²) in [5, 5.41) is 9.84. The highest BCUT2D eigenvalue weighted by atomic mass is 16.3. The van der Waals surface area contributed by atoms with E-state index in [0.717, 1.165) is 22.3 Å². The molecule has 0 aliphatic carbocycles. The minimum Gasteiger partial charge on any atom is -0.506 e. The quantitative estimate of drug-likeness (QED) is 0.491. The van der Waals surface area contributed by atoms with Gasteiger partial charge in [0.05, 0.1) is 5.69 Å². The predicted octanol–water partition coefficient (Wildman–Crippen LogP) is 3.89. The van der Waals surface area contributed by atoms with E-state index in [1.165, 1.54) is 0 Å². The molecule has 0 radical (unpaired) electrons. The van der Waals surface area contributed by atoms with E-state index in [1.54, 1.807) is 12.1 Å². The lowest BCUT2D eigenvalue weighted by Crippen LogP contribution is -1.91. The molecule has 104 valence electrons. The third kappa shape index (κ3) is 2.54. The van der Waals surface area contributed by atoms with Crippen LogP contribution < -0.4 is 11.5 Å². The highest BCUT2D eigenvalue weighted by Crippen LogP contribution is 2.36. The van der Waals surface area contributed by atoms with Crippen LogP contribution in [0.1, 0.15) is 0 Å². The molecule has 0 bridgehead atoms. The van der Waals surface area contributed by atoms with Crippen LogP contribution in [0.3, 0.4) is 0 Å². The van der Waals surface area contributed by atoms with Crippen molar-refractivity contribution in [2.24, 2.45) is 0 Å². The second kappa shape index (κ2) is 5.21. The maximum atomic E-state index is 9.84. The summed E-state index contributed by atoms with van der Waals surface area (Å²) < 4.78 is 0. The van der Waals surface area contributed by atoms with Crippen LogP contribution in [0.25, 0.3) is 22.3 Å². The molecule has 0 aliphatic rings. The van der Waals surface area contributed by atoms with Crippen LogP contribution >= 0.6 is 0 Å². The smallest absolute Gasteiger partial charge is 0.139 e. The first-order valence-corrected chi connectivity index (χ1v) is 6.69. The number of hydrogen-bond acceptors (Lipinski definition) is 3. The van der Waals surface area contributed by atoms with Crippen molar-refractivity contribution in [1.82, 2.24) is 0 Å². The predicted molar refractivity (Wildman–Crippen MR) is 87.8 cm³/mol. The average molecular weight is 276 g/mol. The molecule has 5 N–H and O–H groups in total. The Labute approximate surface area is 123 Å². The summed E-state index contributed by atoms with van der Waals surface area (Å²) in [4.78, 5) is 0. The molecule has 0 spiro atoms. The van der Waals surface area contributed by atoms with E-state index < -0.39 is 0 Å². The Morgan fingerprint density at radius 2 is 1.43 bits per heavy atom. The Balaban J connectivity index is 2.21. The fraction of sp³-hybridized carbons (Fsp3) is 0. The summed E-state index contributed by atoms with van der Waals surface area (Å²) in [7, 11) is 0. The van der Waals surface area contributed by atoms with Gasteiger partial charge in [-0.05, 0) is 46.5 Å². The molecule has 0 saturated heterocycles. The van der Waals surface area contributed by atoms with Gasteiger partial charge in [0.25, 0.3) is 0 Å². The van der Waals surface area contributed by atoms with Gasteiger partial charge in [-0.1, -0.05) is 42.5 Å². The molecule has 3 rings (SSSR count). The van der Waals surface area contributed by atoms with Crippen molar-refractivity contribution < 1.29 is 5.11 Å². The third-order valence-electron chi connectivity index (χ3n) is 3.47. The molecule has 0 amide bonds. The van der Waals surface area contributed by atoms with Gasteiger partial charge in [0.15, 0.2) is 0 Å². The molecule has 0 unspecified atom stereocenters. The van der Waals surface area contributed by atoms with Crippen molar-refractivity contribution in [3.8, 4) is 28.0 Å². The second-order valence-corrected chi connectivity index (χ2v) is 4.94. The molecule has 3 aromatic carbocycles. The van der Waals surface area contributed by atoms with E-state index in [9.17, 15) is 5.11 Å². The summed E-state index contributed by atoms with van der Waals surface area (Å²) in [6, 6.07) is 21.1. The van der Waals surface area contributed by atoms with Gasteiger partial charge < -0.3 is 16.6 Å². The summed E-state index contributed by atoms with van der Waals surface area (Å²) in [5.41, 5.74) is 16.7. The molecule has 3 nitrogen and oxygen atoms in total. The first kappa shape index (κ1) is 13.1. The molecule has 0 fully saturated rings. The zero-order valence-corrected chi connectivity index (χ0v) is 11.5. The summed E-state index contributed by atoms with van der Waals surface area (Å²) >= 11 is 0. The Morgan fingerprint density at radius 3 is 2.14 bits per heavy atom. The number of aromatic hydroxyl groups is 1.